The van der Waals surface area contributed by atoms with E-state index in [0.717, 1.165) is 16.5 Å². The van der Waals surface area contributed by atoms with E-state index < -0.39 is 0 Å². The zero-order valence-electron chi connectivity index (χ0n) is 10.4. The molecule has 0 aliphatic rings. The van der Waals surface area contributed by atoms with Crippen LogP contribution in [0, 0.1) is 0 Å². The second-order valence-corrected chi connectivity index (χ2v) is 5.33. The lowest BCUT2D eigenvalue weighted by molar-refractivity contribution is 0.534. The molecule has 0 saturated heterocycles. The van der Waals surface area contributed by atoms with E-state index in [9.17, 15) is 0 Å². The molecule has 0 fully saturated rings. The van der Waals surface area contributed by atoms with Gasteiger partial charge in [0.05, 0.1) is 12.2 Å². The third-order valence-corrected chi connectivity index (χ3v) is 3.50. The number of nitrogens with zero attached hydrogens (tertiary/aromatic N) is 4. The molecule has 0 unspecified atom stereocenters. The Morgan fingerprint density at radius 2 is 2.28 bits per heavy atom. The van der Waals surface area contributed by atoms with Crippen LogP contribution in [0.25, 0.3) is 4.96 Å². The second-order valence-electron chi connectivity index (χ2n) is 4.45. The highest BCUT2D eigenvalue weighted by atomic mass is 32.1. The maximum absolute atomic E-state index is 4.51. The van der Waals surface area contributed by atoms with Crippen LogP contribution in [-0.2, 0) is 6.54 Å². The molecule has 0 aliphatic carbocycles. The van der Waals surface area contributed by atoms with Crippen LogP contribution in [0.1, 0.15) is 25.6 Å². The van der Waals surface area contributed by atoms with Gasteiger partial charge >= 0.3 is 0 Å². The van der Waals surface area contributed by atoms with Crippen LogP contribution in [0.15, 0.2) is 30.0 Å². The van der Waals surface area contributed by atoms with Crippen molar-refractivity contribution in [1.29, 1.82) is 0 Å². The number of thiazole rings is 1. The number of fused-ring (bicyclic) bond motifs is 1. The van der Waals surface area contributed by atoms with Crippen LogP contribution >= 0.6 is 11.3 Å². The van der Waals surface area contributed by atoms with E-state index in [1.807, 2.05) is 39.1 Å². The molecule has 0 amide bonds. The normalized spacial score (nSPS) is 11.5. The molecule has 3 aromatic rings. The quantitative estimate of drug-likeness (QED) is 0.785. The van der Waals surface area contributed by atoms with Crippen LogP contribution < -0.4 is 5.32 Å². The third-order valence-electron chi connectivity index (χ3n) is 2.73. The Labute approximate surface area is 109 Å². The van der Waals surface area contributed by atoms with Gasteiger partial charge in [0.1, 0.15) is 5.82 Å². The first-order valence-corrected chi connectivity index (χ1v) is 6.80. The van der Waals surface area contributed by atoms with E-state index in [1.165, 1.54) is 0 Å². The lowest BCUT2D eigenvalue weighted by atomic mass is 10.4. The summed E-state index contributed by atoms with van der Waals surface area (Å²) in [7, 11) is 0. The van der Waals surface area contributed by atoms with Crippen LogP contribution in [0.3, 0.4) is 0 Å². The number of aromatic nitrogens is 4. The summed E-state index contributed by atoms with van der Waals surface area (Å²) in [4.78, 5) is 5.54. The monoisotopic (exact) mass is 261 g/mol. The maximum atomic E-state index is 4.51. The van der Waals surface area contributed by atoms with Gasteiger partial charge in [0.25, 0.3) is 0 Å². The highest BCUT2D eigenvalue weighted by Crippen LogP contribution is 2.13. The highest BCUT2D eigenvalue weighted by Gasteiger charge is 2.04. The fourth-order valence-corrected chi connectivity index (χ4v) is 2.48. The van der Waals surface area contributed by atoms with Crippen LogP contribution in [0.4, 0.5) is 5.82 Å². The summed E-state index contributed by atoms with van der Waals surface area (Å²) in [6.45, 7) is 4.92. The number of hydrogen-bond acceptors (Lipinski definition) is 4. The lowest BCUT2D eigenvalue weighted by Crippen LogP contribution is -2.04. The number of nitrogens with one attached hydrogen (secondary N) is 1. The maximum Gasteiger partial charge on any atom is 0.193 e. The highest BCUT2D eigenvalue weighted by molar-refractivity contribution is 7.15. The molecule has 0 saturated carbocycles. The Balaban J connectivity index is 1.68. The summed E-state index contributed by atoms with van der Waals surface area (Å²) in [5, 5.41) is 9.76. The van der Waals surface area contributed by atoms with Crippen molar-refractivity contribution in [2.24, 2.45) is 0 Å². The number of anilines is 1. The zero-order chi connectivity index (χ0) is 12.5. The molecule has 0 aliphatic heterocycles. The van der Waals surface area contributed by atoms with Gasteiger partial charge in [-0.2, -0.15) is 5.10 Å². The molecule has 0 bridgehead atoms. The van der Waals surface area contributed by atoms with Crippen molar-refractivity contribution in [3.8, 4) is 0 Å². The standard InChI is InChI=1S/C12H15N5S/c1-9(2)17-4-3-11(15-17)13-7-10-8-16-5-6-18-12(16)14-10/h3-6,8-9H,7H2,1-2H3,(H,13,15). The number of hydrogen-bond donors (Lipinski definition) is 1. The zero-order valence-corrected chi connectivity index (χ0v) is 11.2. The van der Waals surface area contributed by atoms with Gasteiger partial charge in [0, 0.05) is 36.1 Å². The van der Waals surface area contributed by atoms with E-state index in [2.05, 4.69) is 29.2 Å². The van der Waals surface area contributed by atoms with Crippen molar-refractivity contribution in [2.45, 2.75) is 26.4 Å². The van der Waals surface area contributed by atoms with Gasteiger partial charge in [0.2, 0.25) is 0 Å². The van der Waals surface area contributed by atoms with Gasteiger partial charge in [-0.25, -0.2) is 4.98 Å². The number of rotatable bonds is 4. The fraction of sp³-hybridized carbons (Fsp3) is 0.333. The fourth-order valence-electron chi connectivity index (χ4n) is 1.76. The van der Waals surface area contributed by atoms with E-state index >= 15 is 0 Å². The topological polar surface area (TPSA) is 47.2 Å². The molecule has 6 heteroatoms. The Bertz CT molecular complexity index is 620. The summed E-state index contributed by atoms with van der Waals surface area (Å²) in [5.74, 6) is 0.889. The first kappa shape index (κ1) is 11.3. The summed E-state index contributed by atoms with van der Waals surface area (Å²) in [5.41, 5.74) is 1.03. The van der Waals surface area contributed by atoms with Gasteiger partial charge in [-0.05, 0) is 13.8 Å². The van der Waals surface area contributed by atoms with Crippen LogP contribution in [0.2, 0.25) is 0 Å². The van der Waals surface area contributed by atoms with Crippen LogP contribution in [-0.4, -0.2) is 19.2 Å². The summed E-state index contributed by atoms with van der Waals surface area (Å²) in [6, 6.07) is 2.37. The SMILES string of the molecule is CC(C)n1ccc(NCc2cn3ccsc3n2)n1. The average molecular weight is 261 g/mol. The third kappa shape index (κ3) is 2.11. The largest absolute Gasteiger partial charge is 0.363 e. The summed E-state index contributed by atoms with van der Waals surface area (Å²) >= 11 is 1.64. The van der Waals surface area contributed by atoms with E-state index in [-0.39, 0.29) is 0 Å². The smallest absolute Gasteiger partial charge is 0.193 e. The minimum atomic E-state index is 0.387. The first-order valence-electron chi connectivity index (χ1n) is 5.92. The molecule has 5 nitrogen and oxygen atoms in total. The van der Waals surface area contributed by atoms with E-state index in [4.69, 9.17) is 0 Å². The molecule has 3 rings (SSSR count). The molecule has 18 heavy (non-hydrogen) atoms. The molecule has 0 spiro atoms. The number of imidazole rings is 1. The second kappa shape index (κ2) is 4.45. The van der Waals surface area contributed by atoms with E-state index in [0.29, 0.717) is 12.6 Å². The van der Waals surface area contributed by atoms with Crippen molar-refractivity contribution in [3.63, 3.8) is 0 Å². The molecule has 3 heterocycles. The average Bonchev–Trinajstić information content (AvgIpc) is 3.01. The Morgan fingerprint density at radius 1 is 1.39 bits per heavy atom. The van der Waals surface area contributed by atoms with Crippen molar-refractivity contribution in [1.82, 2.24) is 19.2 Å². The Hall–Kier alpha value is -1.82. The minimum absolute atomic E-state index is 0.387. The van der Waals surface area contributed by atoms with Gasteiger partial charge in [-0.1, -0.05) is 0 Å². The van der Waals surface area contributed by atoms with Gasteiger partial charge in [-0.3, -0.25) is 9.08 Å². The predicted octanol–water partition coefficient (Wildman–Crippen LogP) is 2.79. The van der Waals surface area contributed by atoms with Gasteiger partial charge in [-0.15, -0.1) is 11.3 Å². The van der Waals surface area contributed by atoms with Crippen molar-refractivity contribution in [2.75, 3.05) is 5.32 Å². The molecule has 0 atom stereocenters. The van der Waals surface area contributed by atoms with Crippen molar-refractivity contribution in [3.05, 3.63) is 35.7 Å². The summed E-state index contributed by atoms with van der Waals surface area (Å²) in [6.07, 6.45) is 6.04. The molecular formula is C12H15N5S. The molecule has 1 N–H and O–H groups in total. The Morgan fingerprint density at radius 3 is 3.00 bits per heavy atom. The lowest BCUT2D eigenvalue weighted by Gasteiger charge is -2.04. The predicted molar refractivity (Wildman–Crippen MR) is 73.0 cm³/mol. The minimum Gasteiger partial charge on any atom is -0.363 e. The molecule has 94 valence electrons. The van der Waals surface area contributed by atoms with E-state index in [1.54, 1.807) is 11.3 Å². The van der Waals surface area contributed by atoms with Gasteiger partial charge in [0.15, 0.2) is 4.96 Å². The summed E-state index contributed by atoms with van der Waals surface area (Å²) < 4.78 is 3.97. The Kier molecular flexibility index (Phi) is 2.79. The van der Waals surface area contributed by atoms with Gasteiger partial charge < -0.3 is 5.32 Å². The molecule has 0 radical (unpaired) electrons. The van der Waals surface area contributed by atoms with Crippen molar-refractivity contribution < 1.29 is 0 Å². The molecular weight excluding hydrogens is 246 g/mol. The first-order chi connectivity index (χ1) is 8.72. The van der Waals surface area contributed by atoms with Crippen molar-refractivity contribution >= 4 is 22.1 Å². The van der Waals surface area contributed by atoms with Crippen LogP contribution in [0.5, 0.6) is 0 Å². The molecule has 0 aromatic carbocycles. The molecule has 3 aromatic heterocycles.